The van der Waals surface area contributed by atoms with E-state index in [1.54, 1.807) is 17.0 Å². The van der Waals surface area contributed by atoms with Crippen LogP contribution < -0.4 is 10.2 Å². The molecule has 0 aliphatic carbocycles. The molecule has 0 unspecified atom stereocenters. The van der Waals surface area contributed by atoms with E-state index in [1.807, 2.05) is 19.9 Å². The third kappa shape index (κ3) is 5.39. The Balaban J connectivity index is 1.62. The number of hydrogen-bond donors (Lipinski definition) is 1. The average Bonchev–Trinajstić information content (AvgIpc) is 3.01. The lowest BCUT2D eigenvalue weighted by atomic mass is 10.1. The van der Waals surface area contributed by atoms with E-state index in [1.165, 1.54) is 12.3 Å². The average molecular weight is 510 g/mol. The van der Waals surface area contributed by atoms with Gasteiger partial charge in [0.05, 0.1) is 21.3 Å². The third-order valence-electron chi connectivity index (χ3n) is 5.71. The van der Waals surface area contributed by atoms with Gasteiger partial charge in [-0.3, -0.25) is 0 Å². The Morgan fingerprint density at radius 3 is 2.53 bits per heavy atom. The molecule has 10 heteroatoms. The lowest BCUT2D eigenvalue weighted by Gasteiger charge is -2.24. The summed E-state index contributed by atoms with van der Waals surface area (Å²) in [6.07, 6.45) is -2.10. The number of pyridine rings is 1. The molecule has 3 aromatic rings. The number of nitrogens with zero attached hydrogens (tertiary/aromatic N) is 4. The van der Waals surface area contributed by atoms with Crippen molar-refractivity contribution in [2.24, 2.45) is 0 Å². The number of nitrogens with one attached hydrogen (secondary N) is 1. The zero-order valence-electron chi connectivity index (χ0n) is 18.8. The predicted molar refractivity (Wildman–Crippen MR) is 129 cm³/mol. The number of hydrogen-bond acceptors (Lipinski definition) is 5. The highest BCUT2D eigenvalue weighted by Gasteiger charge is 2.36. The van der Waals surface area contributed by atoms with Crippen LogP contribution in [-0.2, 0) is 25.6 Å². The van der Waals surface area contributed by atoms with Gasteiger partial charge in [-0.2, -0.15) is 13.2 Å². The predicted octanol–water partition coefficient (Wildman–Crippen LogP) is 6.54. The zero-order valence-corrected chi connectivity index (χ0v) is 20.3. The molecule has 1 N–H and O–H groups in total. The monoisotopic (exact) mass is 509 g/mol. The van der Waals surface area contributed by atoms with Gasteiger partial charge in [0.2, 0.25) is 0 Å². The number of anilines is 2. The summed E-state index contributed by atoms with van der Waals surface area (Å²) in [6, 6.07) is 7.79. The molecule has 0 amide bonds. The van der Waals surface area contributed by atoms with Gasteiger partial charge in [-0.15, -0.1) is 0 Å². The fourth-order valence-corrected chi connectivity index (χ4v) is 4.26. The highest BCUT2D eigenvalue weighted by molar-refractivity contribution is 6.42. The highest BCUT2D eigenvalue weighted by Crippen LogP contribution is 2.36. The first kappa shape index (κ1) is 24.5. The van der Waals surface area contributed by atoms with Crippen molar-refractivity contribution >= 4 is 34.8 Å². The quantitative estimate of drug-likeness (QED) is 0.423. The van der Waals surface area contributed by atoms with E-state index in [9.17, 15) is 13.2 Å². The molecule has 0 saturated heterocycles. The molecule has 2 aromatic heterocycles. The topological polar surface area (TPSA) is 53.9 Å². The number of aromatic nitrogens is 3. The zero-order chi connectivity index (χ0) is 24.5. The maximum atomic E-state index is 13.6. The summed E-state index contributed by atoms with van der Waals surface area (Å²) in [4.78, 5) is 15.2. The van der Waals surface area contributed by atoms with E-state index in [-0.39, 0.29) is 11.7 Å². The molecule has 0 spiro atoms. The van der Waals surface area contributed by atoms with Crippen LogP contribution in [-0.4, -0.2) is 28.0 Å². The van der Waals surface area contributed by atoms with Gasteiger partial charge in [-0.1, -0.05) is 43.1 Å². The van der Waals surface area contributed by atoms with Crippen molar-refractivity contribution in [1.82, 2.24) is 15.0 Å². The van der Waals surface area contributed by atoms with Gasteiger partial charge in [0.15, 0.2) is 0 Å². The van der Waals surface area contributed by atoms with E-state index < -0.39 is 11.7 Å². The maximum Gasteiger partial charge on any atom is 0.419 e. The van der Waals surface area contributed by atoms with E-state index in [2.05, 4.69) is 10.3 Å². The molecule has 1 aliphatic rings. The van der Waals surface area contributed by atoms with Gasteiger partial charge in [0.25, 0.3) is 0 Å². The molecule has 1 aromatic carbocycles. The molecule has 0 bridgehead atoms. The van der Waals surface area contributed by atoms with Crippen LogP contribution in [0.25, 0.3) is 0 Å². The van der Waals surface area contributed by atoms with E-state index >= 15 is 0 Å². The van der Waals surface area contributed by atoms with E-state index in [4.69, 9.17) is 33.2 Å². The number of alkyl halides is 3. The van der Waals surface area contributed by atoms with Crippen LogP contribution in [0, 0.1) is 0 Å². The molecular weight excluding hydrogens is 486 g/mol. The summed E-state index contributed by atoms with van der Waals surface area (Å²) in [5.74, 6) is 1.43. The van der Waals surface area contributed by atoms with E-state index in [0.29, 0.717) is 54.2 Å². The van der Waals surface area contributed by atoms with Gasteiger partial charge >= 0.3 is 6.18 Å². The highest BCUT2D eigenvalue weighted by atomic mass is 35.5. The van der Waals surface area contributed by atoms with Crippen molar-refractivity contribution in [3.63, 3.8) is 0 Å². The Morgan fingerprint density at radius 1 is 1.06 bits per heavy atom. The van der Waals surface area contributed by atoms with Crippen molar-refractivity contribution < 1.29 is 13.2 Å². The molecule has 0 radical (unpaired) electrons. The maximum absolute atomic E-state index is 13.6. The van der Waals surface area contributed by atoms with Crippen molar-refractivity contribution in [2.45, 2.75) is 45.3 Å². The largest absolute Gasteiger partial charge is 0.419 e. The molecule has 0 saturated carbocycles. The van der Waals surface area contributed by atoms with Crippen molar-refractivity contribution in [3.05, 3.63) is 74.8 Å². The second-order valence-corrected chi connectivity index (χ2v) is 9.29. The molecule has 0 fully saturated rings. The molecule has 0 atom stereocenters. The molecular formula is C24H24Cl2F3N5. The molecule has 5 nitrogen and oxygen atoms in total. The third-order valence-corrected chi connectivity index (χ3v) is 6.45. The van der Waals surface area contributed by atoms with Crippen LogP contribution in [0.15, 0.2) is 36.5 Å². The Bertz CT molecular complexity index is 1180. The summed E-state index contributed by atoms with van der Waals surface area (Å²) in [5, 5.41) is 4.33. The minimum atomic E-state index is -4.47. The van der Waals surface area contributed by atoms with Crippen molar-refractivity contribution in [3.8, 4) is 0 Å². The van der Waals surface area contributed by atoms with Crippen LogP contribution in [0.4, 0.5) is 24.8 Å². The molecule has 3 heterocycles. The molecule has 4 rings (SSSR count). The van der Waals surface area contributed by atoms with Crippen LogP contribution >= 0.6 is 23.2 Å². The van der Waals surface area contributed by atoms with E-state index in [0.717, 1.165) is 22.9 Å². The van der Waals surface area contributed by atoms with Crippen LogP contribution in [0.3, 0.4) is 0 Å². The normalized spacial score (nSPS) is 14.2. The minimum Gasteiger partial charge on any atom is -0.366 e. The second-order valence-electron chi connectivity index (χ2n) is 8.47. The fraction of sp³-hybridized carbons (Fsp3) is 0.375. The van der Waals surface area contributed by atoms with Gasteiger partial charge in [0, 0.05) is 43.7 Å². The summed E-state index contributed by atoms with van der Waals surface area (Å²) in [7, 11) is 0. The summed E-state index contributed by atoms with van der Waals surface area (Å²) in [6.45, 7) is 5.25. The lowest BCUT2D eigenvalue weighted by molar-refractivity contribution is -0.137. The first-order valence-corrected chi connectivity index (χ1v) is 11.7. The van der Waals surface area contributed by atoms with Crippen molar-refractivity contribution in [2.75, 3.05) is 23.3 Å². The Hall–Kier alpha value is -2.58. The number of halogens is 5. The van der Waals surface area contributed by atoms with Gasteiger partial charge in [-0.05, 0) is 36.2 Å². The molecule has 180 valence electrons. The molecule has 1 aliphatic heterocycles. The first-order chi connectivity index (χ1) is 16.1. The number of rotatable bonds is 5. The summed E-state index contributed by atoms with van der Waals surface area (Å²) >= 11 is 12.2. The Kier molecular flexibility index (Phi) is 7.19. The van der Waals surface area contributed by atoms with Crippen LogP contribution in [0.5, 0.6) is 0 Å². The van der Waals surface area contributed by atoms with Crippen molar-refractivity contribution in [1.29, 1.82) is 0 Å². The smallest absolute Gasteiger partial charge is 0.366 e. The first-order valence-electron chi connectivity index (χ1n) is 11.0. The van der Waals surface area contributed by atoms with Gasteiger partial charge < -0.3 is 10.2 Å². The Labute approximate surface area is 206 Å². The second kappa shape index (κ2) is 9.96. The summed E-state index contributed by atoms with van der Waals surface area (Å²) < 4.78 is 40.7. The summed E-state index contributed by atoms with van der Waals surface area (Å²) in [5.41, 5.74) is 1.97. The van der Waals surface area contributed by atoms with Crippen LogP contribution in [0.1, 0.15) is 48.0 Å². The number of fused-ring (bicyclic) bond motifs is 1. The lowest BCUT2D eigenvalue weighted by Crippen LogP contribution is -2.29. The molecule has 34 heavy (non-hydrogen) atoms. The Morgan fingerprint density at radius 2 is 1.82 bits per heavy atom. The number of benzene rings is 1. The SMILES string of the molecule is CC(C)c1nc2c(c(NCc3ccc(Cl)c(Cl)c3)n1)CCN(c1ncccc1C(F)(F)F)CC2. The van der Waals surface area contributed by atoms with Gasteiger partial charge in [0.1, 0.15) is 17.5 Å². The van der Waals surface area contributed by atoms with Gasteiger partial charge in [-0.25, -0.2) is 15.0 Å². The van der Waals surface area contributed by atoms with Crippen LogP contribution in [0.2, 0.25) is 10.0 Å². The fourth-order valence-electron chi connectivity index (χ4n) is 3.94. The minimum absolute atomic E-state index is 0.0508. The standard InChI is InChI=1S/C24H24Cl2F3N5/c1-14(2)21-32-20-8-11-34(23-17(24(27,28)29)4-3-9-30-23)10-7-16(20)22(33-21)31-13-15-5-6-18(25)19(26)12-15/h3-6,9,12,14H,7-8,10-11,13H2,1-2H3,(H,31,32,33).